The van der Waals surface area contributed by atoms with Crippen molar-refractivity contribution in [3.8, 4) is 5.75 Å². The molecule has 10 heteroatoms. The topological polar surface area (TPSA) is 118 Å². The summed E-state index contributed by atoms with van der Waals surface area (Å²) in [4.78, 5) is 53.5. The lowest BCUT2D eigenvalue weighted by Crippen LogP contribution is -2.59. The predicted molar refractivity (Wildman–Crippen MR) is 398 cm³/mol. The number of likely N-dealkylation sites (N-methyl/N-ethyl adjacent to an activating group) is 1. The number of benzene rings is 5. The molecule has 1 heterocycles. The highest BCUT2D eigenvalue weighted by Crippen LogP contribution is 2.56. The fourth-order valence-corrected chi connectivity index (χ4v) is 18.3. The Hall–Kier alpha value is -7.30. The van der Waals surface area contributed by atoms with Gasteiger partial charge in [0.1, 0.15) is 5.75 Å². The number of ether oxygens (including phenoxy) is 5. The molecule has 0 spiro atoms. The smallest absolute Gasteiger partial charge is 0.317 e. The number of methoxy groups -OCH3 is 1. The average molecular weight is 1330 g/mol. The highest BCUT2D eigenvalue weighted by atomic mass is 16.5. The zero-order chi connectivity index (χ0) is 70.4. The van der Waals surface area contributed by atoms with Gasteiger partial charge in [-0.2, -0.15) is 0 Å². The fraction of sp³-hybridized carbons (Fsp3) is 0.523. The molecule has 1 saturated carbocycles. The summed E-state index contributed by atoms with van der Waals surface area (Å²) in [6.07, 6.45) is 34.7. The number of hydrogen-bond acceptors (Lipinski definition) is 10. The van der Waals surface area contributed by atoms with E-state index in [0.29, 0.717) is 43.7 Å². The standard InChI is InChI=1S/C18H25NO.2C18H24O2.2C17H22O2/c1-19-10-9-18-8-4-3-5-15(18)17(19)11-13-6-7-14(20-2)12-16(13)18;2*1-4-20-17(19)18(15-10-6-5-7-11-15)13-9-8-12-16(18)14(2)3;2*1-3-14-10-8-9-13-17(14,16(18)19-4-2)15-11-6-5-7-12-15/h6-7,12,15,17H,3-5,8-11H2,1-2H3;2*5-8,10-12,14,16H,4,9,13H2,1-3H3;2*5-8,10-12,14H,3-4,9,13H2,1-2H3/t15-,17+,18+;2*16-,18-;2*14-,17-/m11010/s1. The Morgan fingerprint density at radius 3 is 1.19 bits per heavy atom. The molecule has 5 aromatic carbocycles. The molecule has 11 atom stereocenters. The molecule has 6 aliphatic carbocycles. The molecule has 5 aromatic rings. The molecule has 2 fully saturated rings. The maximum absolute atomic E-state index is 12.8. The summed E-state index contributed by atoms with van der Waals surface area (Å²) in [6, 6.07) is 48.0. The normalized spacial score (nSPS) is 28.0. The zero-order valence-corrected chi connectivity index (χ0v) is 61.5. The molecule has 0 amide bonds. The molecular weight excluding hydrogens is 1210 g/mol. The summed E-state index contributed by atoms with van der Waals surface area (Å²) in [5, 5.41) is 0. The van der Waals surface area contributed by atoms with Gasteiger partial charge in [0.25, 0.3) is 0 Å². The van der Waals surface area contributed by atoms with Crippen molar-refractivity contribution in [2.75, 3.05) is 47.1 Å². The number of fused-ring (bicyclic) bond motifs is 1. The van der Waals surface area contributed by atoms with E-state index < -0.39 is 21.7 Å². The monoisotopic (exact) mass is 1330 g/mol. The van der Waals surface area contributed by atoms with Crippen LogP contribution in [0.2, 0.25) is 0 Å². The van der Waals surface area contributed by atoms with E-state index in [4.69, 9.17) is 23.7 Å². The highest BCUT2D eigenvalue weighted by Gasteiger charge is 2.55. The highest BCUT2D eigenvalue weighted by molar-refractivity contribution is 5.86. The third-order valence-electron chi connectivity index (χ3n) is 23.0. The Labute approximate surface area is 589 Å². The largest absolute Gasteiger partial charge is 0.497 e. The van der Waals surface area contributed by atoms with Gasteiger partial charge in [0.2, 0.25) is 0 Å². The van der Waals surface area contributed by atoms with Crippen LogP contribution in [0.5, 0.6) is 5.75 Å². The first-order valence-electron chi connectivity index (χ1n) is 37.5. The molecule has 10 nitrogen and oxygen atoms in total. The third-order valence-corrected chi connectivity index (χ3v) is 23.0. The first-order valence-corrected chi connectivity index (χ1v) is 37.5. The van der Waals surface area contributed by atoms with Crippen LogP contribution in [0.3, 0.4) is 0 Å². The molecule has 528 valence electrons. The van der Waals surface area contributed by atoms with Gasteiger partial charge in [-0.05, 0) is 218 Å². The van der Waals surface area contributed by atoms with E-state index in [2.05, 4.69) is 169 Å². The summed E-state index contributed by atoms with van der Waals surface area (Å²) < 4.78 is 27.2. The lowest BCUT2D eigenvalue weighted by Gasteiger charge is -2.58. The van der Waals surface area contributed by atoms with Crippen molar-refractivity contribution in [1.29, 1.82) is 0 Å². The van der Waals surface area contributed by atoms with Crippen LogP contribution in [0.25, 0.3) is 0 Å². The second-order valence-corrected chi connectivity index (χ2v) is 28.7. The number of allylic oxidation sites excluding steroid dienone is 8. The lowest BCUT2D eigenvalue weighted by molar-refractivity contribution is -0.154. The quantitative estimate of drug-likeness (QED) is 0.0506. The van der Waals surface area contributed by atoms with Gasteiger partial charge in [0.15, 0.2) is 0 Å². The van der Waals surface area contributed by atoms with Crippen molar-refractivity contribution in [3.63, 3.8) is 0 Å². The fourth-order valence-electron chi connectivity index (χ4n) is 18.3. The van der Waals surface area contributed by atoms with Crippen molar-refractivity contribution in [3.05, 3.63) is 222 Å². The minimum absolute atomic E-state index is 0.0719. The third kappa shape index (κ3) is 16.1. The van der Waals surface area contributed by atoms with E-state index in [-0.39, 0.29) is 47.5 Å². The van der Waals surface area contributed by atoms with Crippen molar-refractivity contribution < 1.29 is 42.9 Å². The maximum Gasteiger partial charge on any atom is 0.317 e. The minimum atomic E-state index is -0.528. The van der Waals surface area contributed by atoms with E-state index in [0.717, 1.165) is 104 Å². The summed E-state index contributed by atoms with van der Waals surface area (Å²) in [7, 11) is 4.12. The zero-order valence-electron chi connectivity index (χ0n) is 61.5. The van der Waals surface area contributed by atoms with Crippen molar-refractivity contribution >= 4 is 23.9 Å². The van der Waals surface area contributed by atoms with E-state index in [1.54, 1.807) is 18.2 Å². The molecular formula is C88H117NO9. The molecule has 7 aliphatic rings. The van der Waals surface area contributed by atoms with E-state index in [9.17, 15) is 19.2 Å². The van der Waals surface area contributed by atoms with Gasteiger partial charge in [0, 0.05) is 11.5 Å². The Kier molecular flexibility index (Phi) is 28.2. The maximum atomic E-state index is 12.8. The number of carbonyl (C=O) groups excluding carboxylic acids is 4. The number of esters is 4. The van der Waals surface area contributed by atoms with E-state index in [1.165, 1.54) is 45.1 Å². The van der Waals surface area contributed by atoms with Crippen LogP contribution in [0.15, 0.2) is 188 Å². The molecule has 0 N–H and O–H groups in total. The van der Waals surface area contributed by atoms with Crippen molar-refractivity contribution in [1.82, 2.24) is 4.90 Å². The van der Waals surface area contributed by atoms with Crippen LogP contribution < -0.4 is 4.74 Å². The van der Waals surface area contributed by atoms with Gasteiger partial charge in [-0.1, -0.05) is 230 Å². The predicted octanol–water partition coefficient (Wildman–Crippen LogP) is 19.3. The number of likely N-dealkylation sites (tertiary alicyclic amines) is 1. The summed E-state index contributed by atoms with van der Waals surface area (Å²) in [5.41, 5.74) is 5.96. The van der Waals surface area contributed by atoms with Gasteiger partial charge in [-0.15, -0.1) is 0 Å². The van der Waals surface area contributed by atoms with Crippen LogP contribution in [-0.2, 0) is 71.6 Å². The van der Waals surface area contributed by atoms with Crippen LogP contribution in [0, 0.1) is 41.4 Å². The van der Waals surface area contributed by atoms with Gasteiger partial charge in [-0.25, -0.2) is 0 Å². The number of rotatable bonds is 17. The molecule has 0 unspecified atom stereocenters. The number of hydrogen-bond donors (Lipinski definition) is 0. The lowest BCUT2D eigenvalue weighted by atomic mass is 9.52. The molecule has 98 heavy (non-hydrogen) atoms. The van der Waals surface area contributed by atoms with Gasteiger partial charge < -0.3 is 28.6 Å². The Morgan fingerprint density at radius 2 is 0.827 bits per heavy atom. The molecule has 12 rings (SSSR count). The van der Waals surface area contributed by atoms with Crippen molar-refractivity contribution in [2.45, 2.75) is 205 Å². The van der Waals surface area contributed by atoms with Crippen LogP contribution in [0.4, 0.5) is 0 Å². The second-order valence-electron chi connectivity index (χ2n) is 28.7. The van der Waals surface area contributed by atoms with Gasteiger partial charge >= 0.3 is 23.9 Å². The van der Waals surface area contributed by atoms with Crippen LogP contribution in [0.1, 0.15) is 199 Å². The molecule has 2 bridgehead atoms. The van der Waals surface area contributed by atoms with Gasteiger partial charge in [-0.3, -0.25) is 19.2 Å². The molecule has 0 aromatic heterocycles. The average Bonchev–Trinajstić information content (AvgIpc) is 0.717. The van der Waals surface area contributed by atoms with E-state index >= 15 is 0 Å². The molecule has 1 aliphatic heterocycles. The number of carbonyl (C=O) groups is 4. The van der Waals surface area contributed by atoms with Crippen LogP contribution in [-0.4, -0.2) is 81.9 Å². The molecule has 0 radical (unpaired) electrons. The second kappa shape index (κ2) is 36.2. The first-order chi connectivity index (χ1) is 47.5. The first kappa shape index (κ1) is 76.5. The number of piperidine rings is 1. The van der Waals surface area contributed by atoms with Crippen LogP contribution >= 0.6 is 0 Å². The van der Waals surface area contributed by atoms with Gasteiger partial charge in [0.05, 0.1) is 55.2 Å². The Morgan fingerprint density at radius 1 is 0.459 bits per heavy atom. The summed E-state index contributed by atoms with van der Waals surface area (Å²) in [5.74, 6) is 3.25. The van der Waals surface area contributed by atoms with Crippen molar-refractivity contribution in [2.24, 2.45) is 41.4 Å². The summed E-state index contributed by atoms with van der Waals surface area (Å²) >= 11 is 0. The van der Waals surface area contributed by atoms with E-state index in [1.807, 2.05) is 100 Å². The minimum Gasteiger partial charge on any atom is -0.497 e. The molecule has 1 saturated heterocycles. The number of nitrogens with zero attached hydrogens (tertiary/aromatic N) is 1. The Bertz CT molecular complexity index is 3250. The Balaban J connectivity index is 0.000000156. The SMILES string of the molecule is CCOC(=O)[C@@]1(c2ccccc2)CCC=C[C@@H]1C(C)C.CCOC(=O)[C@@]1(c2ccccc2)CCC=C[C@@H]1CC.CCOC(=O)[C@]1(c2ccccc2)CCC=C[C@H]1C(C)C.CCOC(=O)[C@]1(c2ccccc2)CCC=C[C@H]1CC.COc1ccc2c(c1)[C@]13CCCC[C@@H]1[C@H](C2)N(C)CC3. The summed E-state index contributed by atoms with van der Waals surface area (Å²) in [6.45, 7) is 23.5.